The lowest BCUT2D eigenvalue weighted by Gasteiger charge is -2.32. The summed E-state index contributed by atoms with van der Waals surface area (Å²) < 4.78 is 38.7. The van der Waals surface area contributed by atoms with E-state index < -0.39 is 23.6 Å². The first-order valence-corrected chi connectivity index (χ1v) is 8.09. The van der Waals surface area contributed by atoms with Crippen molar-refractivity contribution in [2.75, 3.05) is 6.54 Å². The van der Waals surface area contributed by atoms with Crippen molar-refractivity contribution in [3.05, 3.63) is 65.7 Å². The lowest BCUT2D eigenvalue weighted by Crippen LogP contribution is -2.40. The first-order valence-electron chi connectivity index (χ1n) is 8.09. The number of rotatable bonds is 2. The second kappa shape index (κ2) is 5.73. The molecular weight excluding hydrogens is 360 g/mol. The Labute approximate surface area is 149 Å². The molecule has 4 aromatic rings. The SMILES string of the molecule is O=C(c1cnco1)N1CCc2[nH]cnc2[C@H]1c1nc2c(F)ccc(F)c2o1. The highest BCUT2D eigenvalue weighted by Crippen LogP contribution is 2.36. The molecule has 4 heterocycles. The molecule has 1 N–H and O–H groups in total. The summed E-state index contributed by atoms with van der Waals surface area (Å²) in [7, 11) is 0. The zero-order valence-electron chi connectivity index (χ0n) is 13.6. The van der Waals surface area contributed by atoms with Crippen LogP contribution in [-0.2, 0) is 6.42 Å². The minimum atomic E-state index is -0.858. The van der Waals surface area contributed by atoms with Crippen LogP contribution in [0.25, 0.3) is 11.1 Å². The molecule has 0 saturated heterocycles. The summed E-state index contributed by atoms with van der Waals surface area (Å²) in [5.74, 6) is -1.90. The number of nitrogens with zero attached hydrogens (tertiary/aromatic N) is 4. The van der Waals surface area contributed by atoms with Gasteiger partial charge in [0.25, 0.3) is 5.91 Å². The lowest BCUT2D eigenvalue weighted by atomic mass is 10.0. The van der Waals surface area contributed by atoms with Gasteiger partial charge in [0.2, 0.25) is 11.7 Å². The number of hydrogen-bond acceptors (Lipinski definition) is 6. The van der Waals surface area contributed by atoms with E-state index in [-0.39, 0.29) is 22.8 Å². The standard InChI is InChI=1S/C17H11F2N5O3/c18-8-1-2-9(19)15-12(8)23-16(27-15)14-13-10(21-6-22-13)3-4-24(14)17(25)11-5-20-7-26-11/h1-2,5-7,14H,3-4H2,(H,21,22)/t14-/m0/s1. The average molecular weight is 371 g/mol. The highest BCUT2D eigenvalue weighted by molar-refractivity contribution is 5.91. The minimum absolute atomic E-state index is 0.0325. The second-order valence-electron chi connectivity index (χ2n) is 6.04. The van der Waals surface area contributed by atoms with E-state index in [1.54, 1.807) is 0 Å². The van der Waals surface area contributed by atoms with E-state index in [4.69, 9.17) is 8.83 Å². The average Bonchev–Trinajstić information content (AvgIpc) is 3.43. The fourth-order valence-corrected chi connectivity index (χ4v) is 3.29. The zero-order chi connectivity index (χ0) is 18.5. The Morgan fingerprint density at radius 3 is 2.93 bits per heavy atom. The van der Waals surface area contributed by atoms with Gasteiger partial charge in [-0.05, 0) is 12.1 Å². The zero-order valence-corrected chi connectivity index (χ0v) is 13.6. The van der Waals surface area contributed by atoms with Gasteiger partial charge < -0.3 is 18.7 Å². The van der Waals surface area contributed by atoms with Gasteiger partial charge in [-0.3, -0.25) is 4.79 Å². The number of oxazole rings is 2. The molecule has 0 aliphatic carbocycles. The molecule has 27 heavy (non-hydrogen) atoms. The maximum Gasteiger partial charge on any atom is 0.292 e. The van der Waals surface area contributed by atoms with Crippen molar-refractivity contribution in [2.45, 2.75) is 12.5 Å². The van der Waals surface area contributed by atoms with Gasteiger partial charge in [0.1, 0.15) is 5.52 Å². The number of imidazole rings is 1. The van der Waals surface area contributed by atoms with Crippen LogP contribution in [0.3, 0.4) is 0 Å². The molecule has 1 aromatic carbocycles. The van der Waals surface area contributed by atoms with Crippen molar-refractivity contribution in [1.82, 2.24) is 24.8 Å². The van der Waals surface area contributed by atoms with E-state index in [9.17, 15) is 13.6 Å². The molecule has 1 atom stereocenters. The normalized spacial score (nSPS) is 16.7. The number of fused-ring (bicyclic) bond motifs is 2. The molecule has 0 spiro atoms. The van der Waals surface area contributed by atoms with Gasteiger partial charge in [-0.2, -0.15) is 0 Å². The fourth-order valence-electron chi connectivity index (χ4n) is 3.29. The van der Waals surface area contributed by atoms with Gasteiger partial charge in [-0.1, -0.05) is 0 Å². The molecule has 136 valence electrons. The number of benzene rings is 1. The molecule has 1 amide bonds. The van der Waals surface area contributed by atoms with Gasteiger partial charge >= 0.3 is 0 Å². The third-order valence-corrected chi connectivity index (χ3v) is 4.53. The molecule has 0 saturated carbocycles. The van der Waals surface area contributed by atoms with E-state index in [1.165, 1.54) is 17.4 Å². The summed E-state index contributed by atoms with van der Waals surface area (Å²) in [6.45, 7) is 0.309. The third kappa shape index (κ3) is 2.33. The molecule has 0 radical (unpaired) electrons. The number of carbonyl (C=O) groups is 1. The Hall–Kier alpha value is -3.56. The highest BCUT2D eigenvalue weighted by Gasteiger charge is 2.39. The number of aromatic amines is 1. The molecular formula is C17H11F2N5O3. The molecule has 8 nitrogen and oxygen atoms in total. The summed E-state index contributed by atoms with van der Waals surface area (Å²) in [6, 6.07) is 1.08. The maximum absolute atomic E-state index is 14.0. The minimum Gasteiger partial charge on any atom is -0.438 e. The molecule has 0 bridgehead atoms. The summed E-state index contributed by atoms with van der Waals surface area (Å²) in [4.78, 5) is 29.4. The Balaban J connectivity index is 1.67. The predicted molar refractivity (Wildman–Crippen MR) is 85.6 cm³/mol. The van der Waals surface area contributed by atoms with Gasteiger partial charge in [0, 0.05) is 18.7 Å². The van der Waals surface area contributed by atoms with Crippen LogP contribution >= 0.6 is 0 Å². The number of H-pyrrole nitrogens is 1. The van der Waals surface area contributed by atoms with Crippen LogP contribution in [0, 0.1) is 11.6 Å². The number of hydrogen-bond donors (Lipinski definition) is 1. The number of aromatic nitrogens is 4. The summed E-state index contributed by atoms with van der Waals surface area (Å²) in [5.41, 5.74) is 0.755. The second-order valence-corrected chi connectivity index (χ2v) is 6.04. The Morgan fingerprint density at radius 1 is 1.30 bits per heavy atom. The molecule has 5 rings (SSSR count). The molecule has 10 heteroatoms. The highest BCUT2D eigenvalue weighted by atomic mass is 19.1. The van der Waals surface area contributed by atoms with Crippen LogP contribution < -0.4 is 0 Å². The third-order valence-electron chi connectivity index (χ3n) is 4.53. The van der Waals surface area contributed by atoms with Crippen LogP contribution in [0.1, 0.15) is 33.9 Å². The molecule has 1 aliphatic rings. The van der Waals surface area contributed by atoms with Crippen molar-refractivity contribution in [2.24, 2.45) is 0 Å². The number of amides is 1. The smallest absolute Gasteiger partial charge is 0.292 e. The van der Waals surface area contributed by atoms with Crippen molar-refractivity contribution in [3.8, 4) is 0 Å². The quantitative estimate of drug-likeness (QED) is 0.581. The molecule has 0 fully saturated rings. The molecule has 0 unspecified atom stereocenters. The first kappa shape index (κ1) is 15.7. The van der Waals surface area contributed by atoms with Crippen LogP contribution in [0.2, 0.25) is 0 Å². The molecule has 1 aliphatic heterocycles. The topological polar surface area (TPSA) is 101 Å². The number of nitrogens with one attached hydrogen (secondary N) is 1. The van der Waals surface area contributed by atoms with Crippen molar-refractivity contribution in [3.63, 3.8) is 0 Å². The van der Waals surface area contributed by atoms with E-state index in [1.807, 2.05) is 0 Å². The molecule has 3 aromatic heterocycles. The summed E-state index contributed by atoms with van der Waals surface area (Å²) in [6.07, 6.45) is 4.46. The predicted octanol–water partition coefficient (Wildman–Crippen LogP) is 2.61. The van der Waals surface area contributed by atoms with E-state index in [0.29, 0.717) is 18.7 Å². The first-order chi connectivity index (χ1) is 13.1. The fraction of sp³-hybridized carbons (Fsp3) is 0.176. The van der Waals surface area contributed by atoms with Gasteiger partial charge in [0.15, 0.2) is 29.7 Å². The maximum atomic E-state index is 14.0. The summed E-state index contributed by atoms with van der Waals surface area (Å²) in [5, 5.41) is 0. The van der Waals surface area contributed by atoms with E-state index in [2.05, 4.69) is 19.9 Å². The Bertz CT molecular complexity index is 1110. The monoisotopic (exact) mass is 371 g/mol. The van der Waals surface area contributed by atoms with Gasteiger partial charge in [0.05, 0.1) is 18.2 Å². The van der Waals surface area contributed by atoms with Crippen LogP contribution in [-0.4, -0.2) is 37.3 Å². The lowest BCUT2D eigenvalue weighted by molar-refractivity contribution is 0.0635. The summed E-state index contributed by atoms with van der Waals surface area (Å²) >= 11 is 0. The van der Waals surface area contributed by atoms with Crippen molar-refractivity contribution < 1.29 is 22.4 Å². The number of halogens is 2. The van der Waals surface area contributed by atoms with Crippen molar-refractivity contribution >= 4 is 17.0 Å². The van der Waals surface area contributed by atoms with Crippen LogP contribution in [0.5, 0.6) is 0 Å². The van der Waals surface area contributed by atoms with E-state index in [0.717, 1.165) is 24.2 Å². The van der Waals surface area contributed by atoms with E-state index >= 15 is 0 Å². The van der Waals surface area contributed by atoms with Crippen molar-refractivity contribution in [1.29, 1.82) is 0 Å². The van der Waals surface area contributed by atoms with Crippen LogP contribution in [0.4, 0.5) is 8.78 Å². The van der Waals surface area contributed by atoms with Gasteiger partial charge in [-0.15, -0.1) is 0 Å². The van der Waals surface area contributed by atoms with Gasteiger partial charge in [-0.25, -0.2) is 23.7 Å². The van der Waals surface area contributed by atoms with Crippen LogP contribution in [0.15, 0.2) is 39.9 Å². The Kier molecular flexibility index (Phi) is 3.33. The Morgan fingerprint density at radius 2 is 2.15 bits per heavy atom. The largest absolute Gasteiger partial charge is 0.438 e. The number of carbonyl (C=O) groups excluding carboxylic acids is 1.